The van der Waals surface area contributed by atoms with Crippen LogP contribution in [0, 0.1) is 13.8 Å². The van der Waals surface area contributed by atoms with Crippen LogP contribution in [0.3, 0.4) is 0 Å². The lowest BCUT2D eigenvalue weighted by Crippen LogP contribution is -2.32. The molecule has 1 unspecified atom stereocenters. The van der Waals surface area contributed by atoms with E-state index >= 15 is 0 Å². The number of rotatable bonds is 9. The van der Waals surface area contributed by atoms with Crippen molar-refractivity contribution in [1.29, 1.82) is 0 Å². The Hall–Kier alpha value is -2.24. The van der Waals surface area contributed by atoms with Crippen LogP contribution in [-0.2, 0) is 6.54 Å². The summed E-state index contributed by atoms with van der Waals surface area (Å²) in [6.07, 6.45) is -0.569. The van der Waals surface area contributed by atoms with E-state index < -0.39 is 6.10 Å². The van der Waals surface area contributed by atoms with Gasteiger partial charge in [-0.2, -0.15) is 0 Å². The summed E-state index contributed by atoms with van der Waals surface area (Å²) in [5.41, 5.74) is 3.31. The van der Waals surface area contributed by atoms with Crippen molar-refractivity contribution in [3.8, 4) is 17.2 Å². The number of aliphatic hydroxyl groups is 1. The summed E-state index contributed by atoms with van der Waals surface area (Å²) in [6.45, 7) is 5.50. The maximum Gasteiger partial charge on any atom is 0.161 e. The second kappa shape index (κ2) is 9.46. The first-order valence-electron chi connectivity index (χ1n) is 8.70. The Morgan fingerprint density at radius 3 is 2.38 bits per heavy atom. The van der Waals surface area contributed by atoms with E-state index in [9.17, 15) is 5.11 Å². The van der Waals surface area contributed by atoms with Gasteiger partial charge in [-0.15, -0.1) is 0 Å². The van der Waals surface area contributed by atoms with Gasteiger partial charge >= 0.3 is 0 Å². The number of likely N-dealkylation sites (N-methyl/N-ethyl adjacent to an activating group) is 1. The lowest BCUT2D eigenvalue weighted by Gasteiger charge is -2.22. The second-order valence-electron chi connectivity index (χ2n) is 6.62. The van der Waals surface area contributed by atoms with Crippen LogP contribution in [0.4, 0.5) is 0 Å². The molecule has 0 bridgehead atoms. The zero-order valence-electron chi connectivity index (χ0n) is 16.3. The summed E-state index contributed by atoms with van der Waals surface area (Å²) >= 11 is 0. The van der Waals surface area contributed by atoms with Crippen LogP contribution in [-0.4, -0.2) is 50.5 Å². The Kier molecular flexibility index (Phi) is 7.30. The highest BCUT2D eigenvalue weighted by atomic mass is 16.5. The molecular formula is C21H29NO4. The third-order valence-corrected chi connectivity index (χ3v) is 4.20. The largest absolute Gasteiger partial charge is 0.493 e. The smallest absolute Gasteiger partial charge is 0.161 e. The van der Waals surface area contributed by atoms with Gasteiger partial charge in [0.05, 0.1) is 14.2 Å². The van der Waals surface area contributed by atoms with Crippen LogP contribution in [0.5, 0.6) is 17.2 Å². The molecule has 2 aromatic rings. The monoisotopic (exact) mass is 359 g/mol. The minimum atomic E-state index is -0.569. The maximum atomic E-state index is 10.3. The van der Waals surface area contributed by atoms with Gasteiger partial charge in [-0.25, -0.2) is 0 Å². The zero-order valence-corrected chi connectivity index (χ0v) is 16.3. The van der Waals surface area contributed by atoms with Crippen molar-refractivity contribution in [3.05, 3.63) is 53.1 Å². The molecule has 0 amide bonds. The maximum absolute atomic E-state index is 10.3. The minimum Gasteiger partial charge on any atom is -0.493 e. The predicted octanol–water partition coefficient (Wildman–Crippen LogP) is 3.19. The van der Waals surface area contributed by atoms with Crippen molar-refractivity contribution in [2.75, 3.05) is 34.4 Å². The minimum absolute atomic E-state index is 0.264. The number of nitrogens with zero attached hydrogens (tertiary/aromatic N) is 1. The fourth-order valence-electron chi connectivity index (χ4n) is 2.82. The topological polar surface area (TPSA) is 51.2 Å². The van der Waals surface area contributed by atoms with Gasteiger partial charge in [0.25, 0.3) is 0 Å². The van der Waals surface area contributed by atoms with Gasteiger partial charge in [-0.1, -0.05) is 18.2 Å². The molecular weight excluding hydrogens is 330 g/mol. The Morgan fingerprint density at radius 2 is 1.69 bits per heavy atom. The molecule has 142 valence electrons. The van der Waals surface area contributed by atoms with Crippen molar-refractivity contribution in [2.45, 2.75) is 26.5 Å². The van der Waals surface area contributed by atoms with Gasteiger partial charge in [0.2, 0.25) is 0 Å². The molecule has 2 rings (SSSR count). The molecule has 1 atom stereocenters. The van der Waals surface area contributed by atoms with Crippen molar-refractivity contribution in [2.24, 2.45) is 0 Å². The van der Waals surface area contributed by atoms with Gasteiger partial charge < -0.3 is 19.3 Å². The van der Waals surface area contributed by atoms with Crippen LogP contribution >= 0.6 is 0 Å². The molecule has 1 N–H and O–H groups in total. The van der Waals surface area contributed by atoms with Gasteiger partial charge in [-0.05, 0) is 55.8 Å². The molecule has 0 aliphatic carbocycles. The fourth-order valence-corrected chi connectivity index (χ4v) is 2.82. The number of methoxy groups -OCH3 is 2. The summed E-state index contributed by atoms with van der Waals surface area (Å²) in [4.78, 5) is 2.05. The molecule has 0 radical (unpaired) electrons. The molecule has 5 nitrogen and oxygen atoms in total. The van der Waals surface area contributed by atoms with Crippen LogP contribution in [0.2, 0.25) is 0 Å². The average Bonchev–Trinajstić information content (AvgIpc) is 2.62. The van der Waals surface area contributed by atoms with E-state index in [2.05, 4.69) is 11.0 Å². The molecule has 0 spiro atoms. The van der Waals surface area contributed by atoms with Crippen LogP contribution in [0.1, 0.15) is 16.7 Å². The molecule has 0 aromatic heterocycles. The Balaban J connectivity index is 1.87. The summed E-state index contributed by atoms with van der Waals surface area (Å²) in [6, 6.07) is 11.9. The average molecular weight is 359 g/mol. The molecule has 0 saturated carbocycles. The van der Waals surface area contributed by atoms with Gasteiger partial charge in [-0.3, -0.25) is 4.90 Å². The van der Waals surface area contributed by atoms with E-state index in [1.54, 1.807) is 14.2 Å². The van der Waals surface area contributed by atoms with Crippen LogP contribution in [0.25, 0.3) is 0 Å². The number of benzene rings is 2. The Bertz CT molecular complexity index is 717. The van der Waals surface area contributed by atoms with Crippen molar-refractivity contribution in [3.63, 3.8) is 0 Å². The molecule has 0 saturated heterocycles. The molecule has 0 heterocycles. The van der Waals surface area contributed by atoms with E-state index in [1.165, 1.54) is 0 Å². The van der Waals surface area contributed by atoms with Crippen LogP contribution in [0.15, 0.2) is 36.4 Å². The second-order valence-corrected chi connectivity index (χ2v) is 6.62. The lowest BCUT2D eigenvalue weighted by molar-refractivity contribution is 0.0741. The predicted molar refractivity (Wildman–Crippen MR) is 103 cm³/mol. The first kappa shape index (κ1) is 20.1. The van der Waals surface area contributed by atoms with Crippen molar-refractivity contribution in [1.82, 2.24) is 4.90 Å². The highest BCUT2D eigenvalue weighted by molar-refractivity contribution is 5.42. The highest BCUT2D eigenvalue weighted by Gasteiger charge is 2.12. The standard InChI is InChI=1S/C21H29NO4/c1-15-6-7-16(2)20(10-15)26-14-18(23)13-22(3)12-17-8-9-19(24-4)21(11-17)25-5/h6-11,18,23H,12-14H2,1-5H3. The number of aryl methyl sites for hydroxylation is 2. The zero-order chi connectivity index (χ0) is 19.1. The normalized spacial score (nSPS) is 12.1. The first-order valence-corrected chi connectivity index (χ1v) is 8.70. The number of hydrogen-bond acceptors (Lipinski definition) is 5. The molecule has 0 aliphatic rings. The van der Waals surface area contributed by atoms with Crippen molar-refractivity contribution < 1.29 is 19.3 Å². The third kappa shape index (κ3) is 5.64. The fraction of sp³-hybridized carbons (Fsp3) is 0.429. The van der Waals surface area contributed by atoms with Gasteiger partial charge in [0.1, 0.15) is 18.5 Å². The molecule has 0 fully saturated rings. The summed E-state index contributed by atoms with van der Waals surface area (Å²) < 4.78 is 16.4. The summed E-state index contributed by atoms with van der Waals surface area (Å²) in [7, 11) is 5.22. The van der Waals surface area contributed by atoms with E-state index in [1.807, 2.05) is 51.2 Å². The van der Waals surface area contributed by atoms with Crippen LogP contribution < -0.4 is 14.2 Å². The molecule has 2 aromatic carbocycles. The van der Waals surface area contributed by atoms with E-state index in [-0.39, 0.29) is 6.61 Å². The van der Waals surface area contributed by atoms with Gasteiger partial charge in [0, 0.05) is 13.1 Å². The lowest BCUT2D eigenvalue weighted by atomic mass is 10.1. The van der Waals surface area contributed by atoms with E-state index in [4.69, 9.17) is 14.2 Å². The van der Waals surface area contributed by atoms with E-state index in [0.717, 1.165) is 22.4 Å². The van der Waals surface area contributed by atoms with Gasteiger partial charge in [0.15, 0.2) is 11.5 Å². The molecule has 26 heavy (non-hydrogen) atoms. The quantitative estimate of drug-likeness (QED) is 0.745. The Labute approximate surface area is 156 Å². The summed E-state index contributed by atoms with van der Waals surface area (Å²) in [5.74, 6) is 2.24. The Morgan fingerprint density at radius 1 is 0.962 bits per heavy atom. The number of hydrogen-bond donors (Lipinski definition) is 1. The molecule has 5 heteroatoms. The molecule has 0 aliphatic heterocycles. The summed E-state index contributed by atoms with van der Waals surface area (Å²) in [5, 5.41) is 10.3. The van der Waals surface area contributed by atoms with Crippen molar-refractivity contribution >= 4 is 0 Å². The SMILES string of the molecule is COc1ccc(CN(C)CC(O)COc2cc(C)ccc2C)cc1OC. The first-order chi connectivity index (χ1) is 12.4. The highest BCUT2D eigenvalue weighted by Crippen LogP contribution is 2.28. The number of aliphatic hydroxyl groups excluding tert-OH is 1. The number of ether oxygens (including phenoxy) is 3. The van der Waals surface area contributed by atoms with E-state index in [0.29, 0.717) is 24.6 Å². The third-order valence-electron chi connectivity index (χ3n) is 4.20.